The fourth-order valence-electron chi connectivity index (χ4n) is 2.73. The van der Waals surface area contributed by atoms with Gasteiger partial charge in [0, 0.05) is 10.6 Å². The molecule has 30 heavy (non-hydrogen) atoms. The molecule has 0 saturated carbocycles. The SMILES string of the molecule is COc1ccc(C(=O)Oc2ccc(Cl)cc2C(=O)/C=C/c2ccccc2OC)cc1. The van der Waals surface area contributed by atoms with Crippen molar-refractivity contribution in [2.75, 3.05) is 14.2 Å². The Bertz CT molecular complexity index is 1090. The van der Waals surface area contributed by atoms with E-state index >= 15 is 0 Å². The smallest absolute Gasteiger partial charge is 0.343 e. The molecule has 0 aromatic heterocycles. The average Bonchev–Trinajstić information content (AvgIpc) is 2.78. The minimum absolute atomic E-state index is 0.120. The molecule has 0 aliphatic carbocycles. The lowest BCUT2D eigenvalue weighted by Gasteiger charge is -2.09. The Balaban J connectivity index is 1.84. The van der Waals surface area contributed by atoms with Gasteiger partial charge in [-0.25, -0.2) is 4.79 Å². The summed E-state index contributed by atoms with van der Waals surface area (Å²) < 4.78 is 15.8. The molecule has 0 radical (unpaired) electrons. The third-order valence-electron chi connectivity index (χ3n) is 4.29. The maximum absolute atomic E-state index is 12.8. The first-order valence-electron chi connectivity index (χ1n) is 9.03. The number of ketones is 1. The molecular weight excluding hydrogens is 404 g/mol. The maximum atomic E-state index is 12.8. The van der Waals surface area contributed by atoms with Gasteiger partial charge < -0.3 is 14.2 Å². The van der Waals surface area contributed by atoms with E-state index in [9.17, 15) is 9.59 Å². The molecule has 0 bridgehead atoms. The normalized spacial score (nSPS) is 10.6. The lowest BCUT2D eigenvalue weighted by atomic mass is 10.1. The van der Waals surface area contributed by atoms with Crippen LogP contribution in [-0.4, -0.2) is 26.0 Å². The summed E-state index contributed by atoms with van der Waals surface area (Å²) >= 11 is 6.06. The van der Waals surface area contributed by atoms with Gasteiger partial charge in [0.2, 0.25) is 0 Å². The molecule has 0 fully saturated rings. The van der Waals surface area contributed by atoms with E-state index in [4.69, 9.17) is 25.8 Å². The molecule has 3 aromatic carbocycles. The molecule has 5 nitrogen and oxygen atoms in total. The van der Waals surface area contributed by atoms with Crippen LogP contribution in [0.4, 0.5) is 0 Å². The van der Waals surface area contributed by atoms with Gasteiger partial charge >= 0.3 is 5.97 Å². The number of allylic oxidation sites excluding steroid dienone is 1. The van der Waals surface area contributed by atoms with E-state index in [0.717, 1.165) is 5.56 Å². The van der Waals surface area contributed by atoms with Crippen molar-refractivity contribution in [1.82, 2.24) is 0 Å². The summed E-state index contributed by atoms with van der Waals surface area (Å²) in [6, 6.07) is 18.3. The van der Waals surface area contributed by atoms with Gasteiger partial charge in [0.05, 0.1) is 25.3 Å². The van der Waals surface area contributed by atoms with Gasteiger partial charge in [-0.1, -0.05) is 29.8 Å². The lowest BCUT2D eigenvalue weighted by Crippen LogP contribution is -2.11. The van der Waals surface area contributed by atoms with Crippen LogP contribution in [0.2, 0.25) is 5.02 Å². The van der Waals surface area contributed by atoms with Crippen molar-refractivity contribution in [2.45, 2.75) is 0 Å². The summed E-state index contributed by atoms with van der Waals surface area (Å²) in [7, 11) is 3.10. The number of rotatable bonds is 7. The van der Waals surface area contributed by atoms with E-state index < -0.39 is 5.97 Å². The zero-order chi connectivity index (χ0) is 21.5. The molecule has 0 heterocycles. The number of carbonyl (C=O) groups is 2. The largest absolute Gasteiger partial charge is 0.497 e. The predicted molar refractivity (Wildman–Crippen MR) is 116 cm³/mol. The molecule has 3 rings (SSSR count). The summed E-state index contributed by atoms with van der Waals surface area (Å²) in [4.78, 5) is 25.3. The van der Waals surface area contributed by atoms with Crippen LogP contribution in [0.25, 0.3) is 6.08 Å². The molecule has 6 heteroatoms. The van der Waals surface area contributed by atoms with Crippen LogP contribution in [-0.2, 0) is 0 Å². The first-order valence-corrected chi connectivity index (χ1v) is 9.41. The zero-order valence-corrected chi connectivity index (χ0v) is 17.2. The van der Waals surface area contributed by atoms with E-state index in [2.05, 4.69) is 0 Å². The van der Waals surface area contributed by atoms with E-state index in [1.165, 1.54) is 25.3 Å². The van der Waals surface area contributed by atoms with Crippen LogP contribution < -0.4 is 14.2 Å². The Kier molecular flexibility index (Phi) is 6.88. The summed E-state index contributed by atoms with van der Waals surface area (Å²) in [6.45, 7) is 0. The topological polar surface area (TPSA) is 61.8 Å². The van der Waals surface area contributed by atoms with Crippen molar-refractivity contribution in [3.8, 4) is 17.2 Å². The van der Waals surface area contributed by atoms with Crippen LogP contribution in [0.3, 0.4) is 0 Å². The minimum Gasteiger partial charge on any atom is -0.497 e. The van der Waals surface area contributed by atoms with Gasteiger partial charge in [-0.05, 0) is 60.7 Å². The zero-order valence-electron chi connectivity index (χ0n) is 16.4. The van der Waals surface area contributed by atoms with Crippen LogP contribution in [0.1, 0.15) is 26.3 Å². The van der Waals surface area contributed by atoms with Gasteiger partial charge in [0.25, 0.3) is 0 Å². The average molecular weight is 423 g/mol. The molecule has 0 aliphatic heterocycles. The van der Waals surface area contributed by atoms with Crippen molar-refractivity contribution in [3.05, 3.63) is 94.5 Å². The van der Waals surface area contributed by atoms with Crippen LogP contribution >= 0.6 is 11.6 Å². The molecule has 0 aliphatic rings. The monoisotopic (exact) mass is 422 g/mol. The number of halogens is 1. The van der Waals surface area contributed by atoms with Crippen molar-refractivity contribution < 1.29 is 23.8 Å². The molecule has 3 aromatic rings. The predicted octanol–water partition coefficient (Wildman–Crippen LogP) is 5.47. The fraction of sp³-hybridized carbons (Fsp3) is 0.0833. The summed E-state index contributed by atoms with van der Waals surface area (Å²) in [5, 5.41) is 0.355. The Morgan fingerprint density at radius 3 is 2.30 bits per heavy atom. The second-order valence-electron chi connectivity index (χ2n) is 6.20. The highest BCUT2D eigenvalue weighted by Gasteiger charge is 2.16. The Hall–Kier alpha value is -3.57. The second-order valence-corrected chi connectivity index (χ2v) is 6.63. The van der Waals surface area contributed by atoms with Crippen molar-refractivity contribution in [3.63, 3.8) is 0 Å². The van der Waals surface area contributed by atoms with E-state index in [0.29, 0.717) is 22.1 Å². The number of carbonyl (C=O) groups excluding carboxylic acids is 2. The van der Waals surface area contributed by atoms with E-state index in [1.807, 2.05) is 18.2 Å². The van der Waals surface area contributed by atoms with Gasteiger partial charge in [0.1, 0.15) is 17.2 Å². The standard InChI is InChI=1S/C24H19ClO5/c1-28-19-11-7-17(8-12-19)24(27)30-23-14-10-18(25)15-20(23)21(26)13-9-16-5-3-4-6-22(16)29-2/h3-15H,1-2H3/b13-9+. The second kappa shape index (κ2) is 9.76. The molecule has 0 saturated heterocycles. The van der Waals surface area contributed by atoms with Crippen LogP contribution in [0.5, 0.6) is 17.2 Å². The van der Waals surface area contributed by atoms with Crippen LogP contribution in [0.15, 0.2) is 72.8 Å². The molecule has 0 amide bonds. The number of hydrogen-bond donors (Lipinski definition) is 0. The Morgan fingerprint density at radius 2 is 1.60 bits per heavy atom. The highest BCUT2D eigenvalue weighted by atomic mass is 35.5. The number of para-hydroxylation sites is 1. The minimum atomic E-state index is -0.595. The van der Waals surface area contributed by atoms with E-state index in [-0.39, 0.29) is 17.1 Å². The number of methoxy groups -OCH3 is 2. The quantitative estimate of drug-likeness (QED) is 0.218. The highest BCUT2D eigenvalue weighted by Crippen LogP contribution is 2.26. The molecule has 0 atom stereocenters. The number of ether oxygens (including phenoxy) is 3. The summed E-state index contributed by atoms with van der Waals surface area (Å²) in [5.41, 5.74) is 1.25. The van der Waals surface area contributed by atoms with Gasteiger partial charge in [-0.2, -0.15) is 0 Å². The van der Waals surface area contributed by atoms with E-state index in [1.54, 1.807) is 49.6 Å². The number of esters is 1. The van der Waals surface area contributed by atoms with Gasteiger partial charge in [-0.15, -0.1) is 0 Å². The first-order chi connectivity index (χ1) is 14.5. The Morgan fingerprint density at radius 1 is 0.867 bits per heavy atom. The number of hydrogen-bond acceptors (Lipinski definition) is 5. The van der Waals surface area contributed by atoms with Gasteiger partial charge in [-0.3, -0.25) is 4.79 Å². The molecule has 0 unspecified atom stereocenters. The van der Waals surface area contributed by atoms with Crippen molar-refractivity contribution in [1.29, 1.82) is 0 Å². The molecule has 0 spiro atoms. The summed E-state index contributed by atoms with van der Waals surface area (Å²) in [5.74, 6) is 0.424. The van der Waals surface area contributed by atoms with Crippen molar-refractivity contribution >= 4 is 29.4 Å². The Labute approximate surface area is 179 Å². The number of benzene rings is 3. The third kappa shape index (κ3) is 5.07. The molecular formula is C24H19ClO5. The fourth-order valence-corrected chi connectivity index (χ4v) is 2.90. The van der Waals surface area contributed by atoms with Gasteiger partial charge in [0.15, 0.2) is 5.78 Å². The van der Waals surface area contributed by atoms with Crippen molar-refractivity contribution in [2.24, 2.45) is 0 Å². The van der Waals surface area contributed by atoms with Crippen LogP contribution in [0, 0.1) is 0 Å². The maximum Gasteiger partial charge on any atom is 0.343 e. The highest BCUT2D eigenvalue weighted by molar-refractivity contribution is 6.31. The molecule has 152 valence electrons. The lowest BCUT2D eigenvalue weighted by molar-refractivity contribution is 0.0733. The first kappa shape index (κ1) is 21.1. The third-order valence-corrected chi connectivity index (χ3v) is 4.52. The summed E-state index contributed by atoms with van der Waals surface area (Å²) in [6.07, 6.45) is 3.02. The molecule has 0 N–H and O–H groups in total.